The van der Waals surface area contributed by atoms with Gasteiger partial charge in [-0.2, -0.15) is 0 Å². The van der Waals surface area contributed by atoms with Gasteiger partial charge in [0.2, 0.25) is 10.0 Å². The van der Waals surface area contributed by atoms with Crippen LogP contribution in [0.15, 0.2) is 18.2 Å². The zero-order valence-corrected chi connectivity index (χ0v) is 12.0. The van der Waals surface area contributed by atoms with Gasteiger partial charge >= 0.3 is 0 Å². The highest BCUT2D eigenvalue weighted by molar-refractivity contribution is 7.88. The van der Waals surface area contributed by atoms with Crippen LogP contribution >= 0.6 is 0 Å². The minimum absolute atomic E-state index is 0.00731. The Morgan fingerprint density at radius 2 is 1.83 bits per heavy atom. The Labute approximate surface area is 110 Å². The molecule has 0 fully saturated rings. The highest BCUT2D eigenvalue weighted by Crippen LogP contribution is 2.15. The maximum Gasteiger partial charge on any atom is 0.215 e. The molecule has 1 unspecified atom stereocenters. The van der Waals surface area contributed by atoms with Crippen LogP contribution in [0.1, 0.15) is 30.0 Å². The van der Waals surface area contributed by atoms with Crippen molar-refractivity contribution < 1.29 is 8.42 Å². The summed E-state index contributed by atoms with van der Waals surface area (Å²) in [5.74, 6) is 0.0322. The Balaban J connectivity index is 2.71. The lowest BCUT2D eigenvalue weighted by Crippen LogP contribution is -2.30. The van der Waals surface area contributed by atoms with E-state index in [0.717, 1.165) is 16.7 Å². The zero-order chi connectivity index (χ0) is 13.8. The van der Waals surface area contributed by atoms with Crippen molar-refractivity contribution in [2.45, 2.75) is 39.0 Å². The molecule has 0 saturated heterocycles. The van der Waals surface area contributed by atoms with E-state index in [1.165, 1.54) is 0 Å². The van der Waals surface area contributed by atoms with E-state index >= 15 is 0 Å². The van der Waals surface area contributed by atoms with Crippen LogP contribution in [0.25, 0.3) is 0 Å². The van der Waals surface area contributed by atoms with E-state index in [1.54, 1.807) is 0 Å². The first kappa shape index (κ1) is 15.1. The average Bonchev–Trinajstić information content (AvgIpc) is 2.23. The van der Waals surface area contributed by atoms with Crippen LogP contribution in [0, 0.1) is 13.8 Å². The van der Waals surface area contributed by atoms with E-state index in [9.17, 15) is 8.42 Å². The van der Waals surface area contributed by atoms with Crippen LogP contribution in [0.5, 0.6) is 0 Å². The predicted octanol–water partition coefficient (Wildman–Crippen LogP) is 1.46. The summed E-state index contributed by atoms with van der Waals surface area (Å²) in [6, 6.07) is 5.80. The summed E-state index contributed by atoms with van der Waals surface area (Å²) in [4.78, 5) is 0. The molecular formula is C13H22N2O2S. The van der Waals surface area contributed by atoms with E-state index in [2.05, 4.69) is 4.72 Å². The van der Waals surface area contributed by atoms with Gasteiger partial charge in [0.15, 0.2) is 0 Å². The van der Waals surface area contributed by atoms with Gasteiger partial charge in [-0.15, -0.1) is 0 Å². The topological polar surface area (TPSA) is 72.2 Å². The van der Waals surface area contributed by atoms with Gasteiger partial charge in [-0.1, -0.05) is 18.2 Å². The smallest absolute Gasteiger partial charge is 0.215 e. The molecule has 0 amide bonds. The Morgan fingerprint density at radius 1 is 1.28 bits per heavy atom. The van der Waals surface area contributed by atoms with Crippen molar-refractivity contribution in [3.8, 4) is 0 Å². The van der Waals surface area contributed by atoms with Crippen LogP contribution in [-0.2, 0) is 15.8 Å². The Bertz CT molecular complexity index is 475. The molecular weight excluding hydrogens is 248 g/mol. The molecule has 3 N–H and O–H groups in total. The molecule has 0 aromatic heterocycles. The number of aryl methyl sites for hydroxylation is 2. The number of hydrogen-bond donors (Lipinski definition) is 2. The minimum Gasteiger partial charge on any atom is -0.328 e. The van der Waals surface area contributed by atoms with E-state index in [0.29, 0.717) is 13.0 Å². The standard InChI is InChI=1S/C13H22N2O2S/c1-10-5-4-6-11(2)13(10)9-18(16,17)15-8-7-12(3)14/h4-6,12,15H,7-9,14H2,1-3H3. The molecule has 5 heteroatoms. The molecule has 0 heterocycles. The van der Waals surface area contributed by atoms with Gasteiger partial charge in [-0.05, 0) is 43.9 Å². The second kappa shape index (κ2) is 6.31. The van der Waals surface area contributed by atoms with Crippen molar-refractivity contribution >= 4 is 10.0 Å². The number of sulfonamides is 1. The minimum atomic E-state index is -3.28. The summed E-state index contributed by atoms with van der Waals surface area (Å²) in [7, 11) is -3.28. The second-order valence-corrected chi connectivity index (χ2v) is 6.60. The summed E-state index contributed by atoms with van der Waals surface area (Å²) >= 11 is 0. The Hall–Kier alpha value is -0.910. The highest BCUT2D eigenvalue weighted by Gasteiger charge is 2.14. The third kappa shape index (κ3) is 4.76. The predicted molar refractivity (Wildman–Crippen MR) is 74.8 cm³/mol. The SMILES string of the molecule is Cc1cccc(C)c1CS(=O)(=O)NCCC(C)N. The van der Waals surface area contributed by atoms with Crippen LogP contribution in [0.4, 0.5) is 0 Å². The van der Waals surface area contributed by atoms with Gasteiger partial charge in [0, 0.05) is 12.6 Å². The molecule has 1 aromatic carbocycles. The largest absolute Gasteiger partial charge is 0.328 e. The van der Waals surface area contributed by atoms with Crippen molar-refractivity contribution in [2.75, 3.05) is 6.54 Å². The molecule has 0 saturated carbocycles. The Kier molecular flexibility index (Phi) is 5.31. The summed E-state index contributed by atoms with van der Waals surface area (Å²) in [5.41, 5.74) is 8.48. The number of benzene rings is 1. The lowest BCUT2D eigenvalue weighted by Gasteiger charge is -2.12. The first-order chi connectivity index (χ1) is 8.32. The summed E-state index contributed by atoms with van der Waals surface area (Å²) in [6.07, 6.45) is 0.645. The van der Waals surface area contributed by atoms with Gasteiger partial charge in [0.25, 0.3) is 0 Å². The first-order valence-electron chi connectivity index (χ1n) is 6.10. The molecule has 4 nitrogen and oxygen atoms in total. The molecule has 1 rings (SSSR count). The molecule has 0 radical (unpaired) electrons. The number of nitrogens with two attached hydrogens (primary N) is 1. The molecule has 0 aliphatic carbocycles. The number of hydrogen-bond acceptors (Lipinski definition) is 3. The third-order valence-corrected chi connectivity index (χ3v) is 4.21. The number of rotatable bonds is 6. The van der Waals surface area contributed by atoms with Gasteiger partial charge in [0.05, 0.1) is 5.75 Å². The molecule has 1 atom stereocenters. The van der Waals surface area contributed by atoms with Gasteiger partial charge in [-0.3, -0.25) is 0 Å². The number of nitrogens with one attached hydrogen (secondary N) is 1. The van der Waals surface area contributed by atoms with Crippen molar-refractivity contribution in [1.82, 2.24) is 4.72 Å². The normalized spacial score (nSPS) is 13.6. The van der Waals surface area contributed by atoms with E-state index < -0.39 is 10.0 Å². The van der Waals surface area contributed by atoms with E-state index in [1.807, 2.05) is 39.0 Å². The third-order valence-electron chi connectivity index (χ3n) is 2.90. The fourth-order valence-corrected chi connectivity index (χ4v) is 3.13. The molecule has 18 heavy (non-hydrogen) atoms. The van der Waals surface area contributed by atoms with Crippen LogP contribution in [0.3, 0.4) is 0 Å². The lowest BCUT2D eigenvalue weighted by molar-refractivity contribution is 0.570. The molecule has 1 aromatic rings. The first-order valence-corrected chi connectivity index (χ1v) is 7.75. The molecule has 0 aliphatic rings. The fraction of sp³-hybridized carbons (Fsp3) is 0.538. The zero-order valence-electron chi connectivity index (χ0n) is 11.2. The maximum absolute atomic E-state index is 11.9. The van der Waals surface area contributed by atoms with Gasteiger partial charge in [0.1, 0.15) is 0 Å². The molecule has 0 bridgehead atoms. The van der Waals surface area contributed by atoms with Crippen LogP contribution in [0.2, 0.25) is 0 Å². The van der Waals surface area contributed by atoms with Crippen molar-refractivity contribution in [3.63, 3.8) is 0 Å². The summed E-state index contributed by atoms with van der Waals surface area (Å²) in [5, 5.41) is 0. The van der Waals surface area contributed by atoms with E-state index in [4.69, 9.17) is 5.73 Å². The maximum atomic E-state index is 11.9. The van der Waals surface area contributed by atoms with Gasteiger partial charge < -0.3 is 5.73 Å². The van der Waals surface area contributed by atoms with Crippen LogP contribution < -0.4 is 10.5 Å². The van der Waals surface area contributed by atoms with Crippen molar-refractivity contribution in [3.05, 3.63) is 34.9 Å². The van der Waals surface area contributed by atoms with Gasteiger partial charge in [-0.25, -0.2) is 13.1 Å². The molecule has 0 spiro atoms. The summed E-state index contributed by atoms with van der Waals surface area (Å²) in [6.45, 7) is 6.12. The fourth-order valence-electron chi connectivity index (χ4n) is 1.76. The monoisotopic (exact) mass is 270 g/mol. The van der Waals surface area contributed by atoms with Crippen molar-refractivity contribution in [1.29, 1.82) is 0 Å². The lowest BCUT2D eigenvalue weighted by atomic mass is 10.1. The average molecular weight is 270 g/mol. The Morgan fingerprint density at radius 3 is 2.33 bits per heavy atom. The van der Waals surface area contributed by atoms with E-state index in [-0.39, 0.29) is 11.8 Å². The molecule has 102 valence electrons. The summed E-state index contributed by atoms with van der Waals surface area (Å²) < 4.78 is 26.5. The van der Waals surface area contributed by atoms with Crippen molar-refractivity contribution in [2.24, 2.45) is 5.73 Å². The quantitative estimate of drug-likeness (QED) is 0.822. The molecule has 0 aliphatic heterocycles. The highest BCUT2D eigenvalue weighted by atomic mass is 32.2. The van der Waals surface area contributed by atoms with Crippen LogP contribution in [-0.4, -0.2) is 21.0 Å². The second-order valence-electron chi connectivity index (χ2n) is 4.79.